The van der Waals surface area contributed by atoms with Gasteiger partial charge in [0.15, 0.2) is 0 Å². The number of ether oxygens (including phenoxy) is 1. The molecule has 28 heavy (non-hydrogen) atoms. The van der Waals surface area contributed by atoms with Crippen molar-refractivity contribution in [1.82, 2.24) is 25.3 Å². The van der Waals surface area contributed by atoms with Gasteiger partial charge in [-0.05, 0) is 24.0 Å². The minimum atomic E-state index is -0.0358. The summed E-state index contributed by atoms with van der Waals surface area (Å²) < 4.78 is 7.01. The predicted octanol–water partition coefficient (Wildman–Crippen LogP) is 2.20. The van der Waals surface area contributed by atoms with E-state index in [0.717, 1.165) is 30.8 Å². The quantitative estimate of drug-likeness (QED) is 0.717. The fourth-order valence-electron chi connectivity index (χ4n) is 3.62. The zero-order chi connectivity index (χ0) is 20.0. The number of urea groups is 1. The zero-order valence-electron chi connectivity index (χ0n) is 17.1. The Morgan fingerprint density at radius 1 is 1.21 bits per heavy atom. The van der Waals surface area contributed by atoms with E-state index in [0.29, 0.717) is 26.2 Å². The van der Waals surface area contributed by atoms with E-state index in [4.69, 9.17) is 4.74 Å². The third kappa shape index (κ3) is 5.11. The Balaban J connectivity index is 1.68. The van der Waals surface area contributed by atoms with Crippen molar-refractivity contribution in [3.63, 3.8) is 0 Å². The molecule has 0 aliphatic carbocycles. The van der Waals surface area contributed by atoms with Crippen molar-refractivity contribution in [1.29, 1.82) is 0 Å². The topological polar surface area (TPSA) is 71.4 Å². The third-order valence-corrected chi connectivity index (χ3v) is 4.93. The van der Waals surface area contributed by atoms with Crippen molar-refractivity contribution >= 4 is 6.03 Å². The van der Waals surface area contributed by atoms with E-state index >= 15 is 0 Å². The largest absolute Gasteiger partial charge is 0.383 e. The number of rotatable bonds is 7. The standard InChI is InChI=1S/C21H31N5O2/c1-21(2)13-19-17(14-24-26(19)18-7-5-4-6-8-18)15-25(16-21)20(27)23-10-9-22-11-12-28-3/h4-8,14,22H,9-13,15-16H2,1-3H3,(H,23,27). The van der Waals surface area contributed by atoms with Crippen molar-refractivity contribution in [2.45, 2.75) is 26.8 Å². The van der Waals surface area contributed by atoms with Gasteiger partial charge < -0.3 is 20.3 Å². The third-order valence-electron chi connectivity index (χ3n) is 4.93. The van der Waals surface area contributed by atoms with Gasteiger partial charge in [0.25, 0.3) is 0 Å². The molecule has 3 rings (SSSR count). The van der Waals surface area contributed by atoms with Crippen LogP contribution in [0.5, 0.6) is 0 Å². The van der Waals surface area contributed by atoms with Gasteiger partial charge in [0, 0.05) is 44.5 Å². The molecule has 2 amide bonds. The van der Waals surface area contributed by atoms with E-state index < -0.39 is 0 Å². The second kappa shape index (κ2) is 9.21. The molecule has 0 unspecified atom stereocenters. The Labute approximate surface area is 167 Å². The molecule has 0 saturated heterocycles. The van der Waals surface area contributed by atoms with Crippen LogP contribution in [0.4, 0.5) is 4.79 Å². The maximum absolute atomic E-state index is 12.7. The fourth-order valence-corrected chi connectivity index (χ4v) is 3.62. The first-order valence-corrected chi connectivity index (χ1v) is 9.84. The first-order chi connectivity index (χ1) is 13.5. The highest BCUT2D eigenvalue weighted by molar-refractivity contribution is 5.74. The lowest BCUT2D eigenvalue weighted by Gasteiger charge is -2.30. The van der Waals surface area contributed by atoms with Crippen LogP contribution in [0.1, 0.15) is 25.1 Å². The molecule has 2 N–H and O–H groups in total. The maximum atomic E-state index is 12.7. The van der Waals surface area contributed by atoms with Crippen LogP contribution >= 0.6 is 0 Å². The number of benzene rings is 1. The van der Waals surface area contributed by atoms with E-state index in [1.54, 1.807) is 7.11 Å². The summed E-state index contributed by atoms with van der Waals surface area (Å²) in [6, 6.07) is 10.1. The van der Waals surface area contributed by atoms with Crippen LogP contribution < -0.4 is 10.6 Å². The average Bonchev–Trinajstić information content (AvgIpc) is 2.99. The number of methoxy groups -OCH3 is 1. The van der Waals surface area contributed by atoms with Crippen LogP contribution in [0.15, 0.2) is 36.5 Å². The summed E-state index contributed by atoms with van der Waals surface area (Å²) in [6.45, 7) is 8.47. The minimum Gasteiger partial charge on any atom is -0.383 e. The van der Waals surface area contributed by atoms with Crippen LogP contribution in [0.2, 0.25) is 0 Å². The number of fused-ring (bicyclic) bond motifs is 1. The SMILES string of the molecule is COCCNCCNC(=O)N1Cc2cnn(-c3ccccc3)c2CC(C)(C)C1. The number of amides is 2. The van der Waals surface area contributed by atoms with E-state index in [9.17, 15) is 4.79 Å². The number of nitrogens with zero attached hydrogens (tertiary/aromatic N) is 3. The van der Waals surface area contributed by atoms with Gasteiger partial charge in [-0.3, -0.25) is 0 Å². The highest BCUT2D eigenvalue weighted by Crippen LogP contribution is 2.31. The molecule has 2 heterocycles. The second-order valence-corrected chi connectivity index (χ2v) is 8.04. The highest BCUT2D eigenvalue weighted by atomic mass is 16.5. The van der Waals surface area contributed by atoms with Gasteiger partial charge in [-0.15, -0.1) is 0 Å². The molecule has 2 aromatic rings. The molecule has 0 radical (unpaired) electrons. The lowest BCUT2D eigenvalue weighted by atomic mass is 9.87. The Bertz CT molecular complexity index is 772. The molecular formula is C21H31N5O2. The summed E-state index contributed by atoms with van der Waals surface area (Å²) in [7, 11) is 1.68. The summed E-state index contributed by atoms with van der Waals surface area (Å²) >= 11 is 0. The molecule has 0 spiro atoms. The summed E-state index contributed by atoms with van der Waals surface area (Å²) in [5, 5.41) is 10.9. The van der Waals surface area contributed by atoms with Gasteiger partial charge in [-0.2, -0.15) is 5.10 Å². The number of aromatic nitrogens is 2. The average molecular weight is 386 g/mol. The second-order valence-electron chi connectivity index (χ2n) is 8.04. The molecule has 0 atom stereocenters. The molecule has 1 aromatic heterocycles. The Morgan fingerprint density at radius 2 is 2.00 bits per heavy atom. The molecule has 0 bridgehead atoms. The molecule has 1 aliphatic rings. The van der Waals surface area contributed by atoms with Gasteiger partial charge in [-0.25, -0.2) is 9.48 Å². The molecule has 152 valence electrons. The zero-order valence-corrected chi connectivity index (χ0v) is 17.1. The Morgan fingerprint density at radius 3 is 2.75 bits per heavy atom. The van der Waals surface area contributed by atoms with E-state index in [2.05, 4.69) is 41.7 Å². The van der Waals surface area contributed by atoms with Gasteiger partial charge in [-0.1, -0.05) is 32.0 Å². The molecule has 1 aliphatic heterocycles. The van der Waals surface area contributed by atoms with Gasteiger partial charge in [0.05, 0.1) is 25.0 Å². The Kier molecular flexibility index (Phi) is 6.70. The van der Waals surface area contributed by atoms with Crippen LogP contribution in [-0.4, -0.2) is 60.6 Å². The summed E-state index contributed by atoms with van der Waals surface area (Å²) in [5.74, 6) is 0. The first-order valence-electron chi connectivity index (χ1n) is 9.84. The van der Waals surface area contributed by atoms with E-state index in [1.807, 2.05) is 34.0 Å². The molecule has 0 fully saturated rings. The Hall–Kier alpha value is -2.38. The first kappa shape index (κ1) is 20.4. The van der Waals surface area contributed by atoms with Gasteiger partial charge >= 0.3 is 6.03 Å². The number of para-hydroxylation sites is 1. The van der Waals surface area contributed by atoms with Crippen LogP contribution in [0.3, 0.4) is 0 Å². The summed E-state index contributed by atoms with van der Waals surface area (Å²) in [6.07, 6.45) is 2.77. The number of carbonyl (C=O) groups excluding carboxylic acids is 1. The van der Waals surface area contributed by atoms with Gasteiger partial charge in [0.1, 0.15) is 0 Å². The van der Waals surface area contributed by atoms with Gasteiger partial charge in [0.2, 0.25) is 0 Å². The molecule has 1 aromatic carbocycles. The number of carbonyl (C=O) groups is 1. The molecular weight excluding hydrogens is 354 g/mol. The molecule has 0 saturated carbocycles. The lowest BCUT2D eigenvalue weighted by Crippen LogP contribution is -2.45. The van der Waals surface area contributed by atoms with Crippen LogP contribution in [-0.2, 0) is 17.7 Å². The lowest BCUT2D eigenvalue weighted by molar-refractivity contribution is 0.168. The van der Waals surface area contributed by atoms with Crippen molar-refractivity contribution in [3.8, 4) is 5.69 Å². The normalized spacial score (nSPS) is 15.8. The van der Waals surface area contributed by atoms with Crippen molar-refractivity contribution < 1.29 is 9.53 Å². The minimum absolute atomic E-state index is 0.0260. The van der Waals surface area contributed by atoms with E-state index in [1.165, 1.54) is 5.69 Å². The number of hydrogen-bond donors (Lipinski definition) is 2. The number of hydrogen-bond acceptors (Lipinski definition) is 4. The predicted molar refractivity (Wildman–Crippen MR) is 110 cm³/mol. The summed E-state index contributed by atoms with van der Waals surface area (Å²) in [4.78, 5) is 14.7. The molecule has 7 nitrogen and oxygen atoms in total. The van der Waals surface area contributed by atoms with Crippen molar-refractivity contribution in [3.05, 3.63) is 47.8 Å². The fraction of sp³-hybridized carbons (Fsp3) is 0.524. The monoisotopic (exact) mass is 385 g/mol. The van der Waals surface area contributed by atoms with E-state index in [-0.39, 0.29) is 11.4 Å². The highest BCUT2D eigenvalue weighted by Gasteiger charge is 2.32. The number of nitrogens with one attached hydrogen (secondary N) is 2. The maximum Gasteiger partial charge on any atom is 0.317 e. The van der Waals surface area contributed by atoms with Crippen LogP contribution in [0, 0.1) is 5.41 Å². The smallest absolute Gasteiger partial charge is 0.317 e. The van der Waals surface area contributed by atoms with Crippen molar-refractivity contribution in [2.24, 2.45) is 5.41 Å². The van der Waals surface area contributed by atoms with Crippen molar-refractivity contribution in [2.75, 3.05) is 39.9 Å². The summed E-state index contributed by atoms with van der Waals surface area (Å²) in [5.41, 5.74) is 3.32. The molecule has 7 heteroatoms. The van der Waals surface area contributed by atoms with Crippen LogP contribution in [0.25, 0.3) is 5.69 Å².